The van der Waals surface area contributed by atoms with E-state index >= 15 is 0 Å². The van der Waals surface area contributed by atoms with Crippen LogP contribution >= 0.6 is 0 Å². The monoisotopic (exact) mass is 309 g/mol. The molecule has 0 saturated heterocycles. The van der Waals surface area contributed by atoms with Gasteiger partial charge in [-0.15, -0.1) is 0 Å². The highest BCUT2D eigenvalue weighted by atomic mass is 16.5. The Hall–Kier alpha value is -2.75. The van der Waals surface area contributed by atoms with Gasteiger partial charge in [-0.2, -0.15) is 0 Å². The second-order valence-electron chi connectivity index (χ2n) is 5.17. The molecule has 0 spiro atoms. The Balaban J connectivity index is 2.08. The molecule has 118 valence electrons. The van der Waals surface area contributed by atoms with Gasteiger partial charge in [0.15, 0.2) is 11.5 Å². The van der Waals surface area contributed by atoms with Gasteiger partial charge in [0.05, 0.1) is 27.0 Å². The van der Waals surface area contributed by atoms with Crippen LogP contribution in [0.4, 0.5) is 0 Å². The second kappa shape index (κ2) is 6.57. The molecule has 4 heteroatoms. The summed E-state index contributed by atoms with van der Waals surface area (Å²) in [5.74, 6) is 2.10. The van der Waals surface area contributed by atoms with Gasteiger partial charge in [0.1, 0.15) is 5.75 Å². The van der Waals surface area contributed by atoms with E-state index in [1.165, 1.54) is 5.39 Å². The molecule has 3 aromatic rings. The zero-order valence-corrected chi connectivity index (χ0v) is 13.5. The van der Waals surface area contributed by atoms with Crippen molar-refractivity contribution in [3.8, 4) is 17.2 Å². The lowest BCUT2D eigenvalue weighted by molar-refractivity contribution is 0.347. The fourth-order valence-corrected chi connectivity index (χ4v) is 2.73. The van der Waals surface area contributed by atoms with E-state index in [4.69, 9.17) is 14.2 Å². The lowest BCUT2D eigenvalue weighted by Gasteiger charge is -2.14. The Labute approximate surface area is 135 Å². The van der Waals surface area contributed by atoms with Crippen LogP contribution in [-0.4, -0.2) is 26.3 Å². The van der Waals surface area contributed by atoms with Crippen molar-refractivity contribution in [3.63, 3.8) is 0 Å². The number of rotatable bonds is 5. The Morgan fingerprint density at radius 3 is 2.26 bits per heavy atom. The van der Waals surface area contributed by atoms with Gasteiger partial charge >= 0.3 is 0 Å². The van der Waals surface area contributed by atoms with Gasteiger partial charge in [0.2, 0.25) is 0 Å². The minimum atomic E-state index is 0.652. The van der Waals surface area contributed by atoms with Crippen LogP contribution in [0, 0.1) is 0 Å². The van der Waals surface area contributed by atoms with Crippen molar-refractivity contribution in [2.24, 2.45) is 0 Å². The number of hydrogen-bond acceptors (Lipinski definition) is 4. The zero-order chi connectivity index (χ0) is 16.2. The summed E-state index contributed by atoms with van der Waals surface area (Å²) in [5, 5.41) is 2.32. The van der Waals surface area contributed by atoms with Gasteiger partial charge in [-0.3, -0.25) is 4.98 Å². The Morgan fingerprint density at radius 2 is 1.52 bits per heavy atom. The van der Waals surface area contributed by atoms with Crippen molar-refractivity contribution in [2.45, 2.75) is 6.42 Å². The maximum Gasteiger partial charge on any atom is 0.164 e. The molecule has 0 amide bonds. The fraction of sp³-hybridized carbons (Fsp3) is 0.211. The summed E-state index contributed by atoms with van der Waals surface area (Å²) in [6, 6.07) is 14.0. The Kier molecular flexibility index (Phi) is 4.33. The van der Waals surface area contributed by atoms with E-state index in [-0.39, 0.29) is 0 Å². The van der Waals surface area contributed by atoms with E-state index in [1.807, 2.05) is 36.5 Å². The van der Waals surface area contributed by atoms with E-state index in [2.05, 4.69) is 17.1 Å². The highest BCUT2D eigenvalue weighted by molar-refractivity contribution is 5.84. The summed E-state index contributed by atoms with van der Waals surface area (Å²) in [6.07, 6.45) is 2.50. The van der Waals surface area contributed by atoms with Crippen LogP contribution in [0.15, 0.2) is 48.7 Å². The number of ether oxygens (including phenoxy) is 3. The summed E-state index contributed by atoms with van der Waals surface area (Å²) in [7, 11) is 4.90. The summed E-state index contributed by atoms with van der Waals surface area (Å²) in [5.41, 5.74) is 2.02. The van der Waals surface area contributed by atoms with E-state index in [1.54, 1.807) is 21.3 Å². The third kappa shape index (κ3) is 2.93. The van der Waals surface area contributed by atoms with Crippen LogP contribution in [0.1, 0.15) is 11.3 Å². The largest absolute Gasteiger partial charge is 0.496 e. The predicted molar refractivity (Wildman–Crippen MR) is 90.6 cm³/mol. The van der Waals surface area contributed by atoms with Crippen LogP contribution in [-0.2, 0) is 6.42 Å². The Bertz CT molecular complexity index is 825. The third-order valence-corrected chi connectivity index (χ3v) is 3.90. The van der Waals surface area contributed by atoms with Crippen LogP contribution < -0.4 is 14.2 Å². The normalized spacial score (nSPS) is 10.6. The molecular weight excluding hydrogens is 290 g/mol. The number of benzene rings is 2. The van der Waals surface area contributed by atoms with Crippen molar-refractivity contribution in [1.82, 2.24) is 4.98 Å². The first-order chi connectivity index (χ1) is 11.3. The van der Waals surface area contributed by atoms with E-state index < -0.39 is 0 Å². The van der Waals surface area contributed by atoms with Crippen molar-refractivity contribution in [2.75, 3.05) is 21.3 Å². The van der Waals surface area contributed by atoms with Gasteiger partial charge in [0.25, 0.3) is 0 Å². The molecule has 1 aromatic heterocycles. The van der Waals surface area contributed by atoms with Gasteiger partial charge in [-0.1, -0.05) is 24.3 Å². The lowest BCUT2D eigenvalue weighted by Crippen LogP contribution is -2.00. The average molecular weight is 309 g/mol. The molecule has 2 aromatic carbocycles. The van der Waals surface area contributed by atoms with Gasteiger partial charge in [-0.05, 0) is 17.5 Å². The molecule has 0 N–H and O–H groups in total. The minimum Gasteiger partial charge on any atom is -0.496 e. The summed E-state index contributed by atoms with van der Waals surface area (Å²) >= 11 is 0. The third-order valence-electron chi connectivity index (χ3n) is 3.90. The van der Waals surface area contributed by atoms with Gasteiger partial charge in [-0.25, -0.2) is 0 Å². The van der Waals surface area contributed by atoms with Crippen molar-refractivity contribution < 1.29 is 14.2 Å². The molecule has 0 bridgehead atoms. The fourth-order valence-electron chi connectivity index (χ4n) is 2.73. The van der Waals surface area contributed by atoms with Crippen LogP contribution in [0.2, 0.25) is 0 Å². The van der Waals surface area contributed by atoms with E-state index in [9.17, 15) is 0 Å². The molecule has 0 atom stereocenters. The first kappa shape index (κ1) is 15.2. The minimum absolute atomic E-state index is 0.652. The molecule has 1 heterocycles. The number of aromatic nitrogens is 1. The molecule has 0 saturated carbocycles. The predicted octanol–water partition coefficient (Wildman–Crippen LogP) is 3.85. The van der Waals surface area contributed by atoms with Crippen LogP contribution in [0.3, 0.4) is 0 Å². The maximum absolute atomic E-state index is 5.51. The average Bonchev–Trinajstić information content (AvgIpc) is 2.61. The highest BCUT2D eigenvalue weighted by Crippen LogP contribution is 2.36. The molecule has 23 heavy (non-hydrogen) atoms. The Morgan fingerprint density at radius 1 is 0.826 bits per heavy atom. The van der Waals surface area contributed by atoms with Crippen molar-refractivity contribution >= 4 is 10.8 Å². The highest BCUT2D eigenvalue weighted by Gasteiger charge is 2.14. The number of nitrogens with zero attached hydrogens (tertiary/aromatic N) is 1. The van der Waals surface area contributed by atoms with Crippen molar-refractivity contribution in [1.29, 1.82) is 0 Å². The van der Waals surface area contributed by atoms with Gasteiger partial charge in [0, 0.05) is 29.6 Å². The smallest absolute Gasteiger partial charge is 0.164 e. The molecule has 0 radical (unpaired) electrons. The molecule has 0 aliphatic carbocycles. The van der Waals surface area contributed by atoms with E-state index in [0.29, 0.717) is 17.9 Å². The summed E-state index contributed by atoms with van der Waals surface area (Å²) in [6.45, 7) is 0. The van der Waals surface area contributed by atoms with E-state index in [0.717, 1.165) is 22.4 Å². The molecule has 3 rings (SSSR count). The lowest BCUT2D eigenvalue weighted by atomic mass is 10.0. The maximum atomic E-state index is 5.51. The van der Waals surface area contributed by atoms with Crippen LogP contribution in [0.25, 0.3) is 10.8 Å². The number of hydrogen-bond donors (Lipinski definition) is 0. The zero-order valence-electron chi connectivity index (χ0n) is 13.5. The topological polar surface area (TPSA) is 40.6 Å². The molecule has 0 aliphatic rings. The first-order valence-corrected chi connectivity index (χ1v) is 7.38. The number of pyridine rings is 1. The quantitative estimate of drug-likeness (QED) is 0.718. The van der Waals surface area contributed by atoms with Gasteiger partial charge < -0.3 is 14.2 Å². The summed E-state index contributed by atoms with van der Waals surface area (Å²) < 4.78 is 16.2. The standard InChI is InChI=1S/C19H19NO3/c1-21-17-12-19(23-3)18(22-2)11-14(17)10-16-15-7-5-4-6-13(15)8-9-20-16/h4-9,11-12H,10H2,1-3H3. The molecular formula is C19H19NO3. The molecule has 0 unspecified atom stereocenters. The SMILES string of the molecule is COc1cc(OC)c(OC)cc1Cc1nccc2ccccc12. The molecule has 4 nitrogen and oxygen atoms in total. The van der Waals surface area contributed by atoms with Crippen LogP contribution in [0.5, 0.6) is 17.2 Å². The molecule has 0 fully saturated rings. The second-order valence-corrected chi connectivity index (χ2v) is 5.17. The molecule has 0 aliphatic heterocycles. The summed E-state index contributed by atoms with van der Waals surface area (Å²) in [4.78, 5) is 4.55. The number of fused-ring (bicyclic) bond motifs is 1. The first-order valence-electron chi connectivity index (χ1n) is 7.38. The van der Waals surface area contributed by atoms with Crippen molar-refractivity contribution in [3.05, 3.63) is 59.9 Å². The number of methoxy groups -OCH3 is 3.